The van der Waals surface area contributed by atoms with Crippen LogP contribution in [0.4, 0.5) is 0 Å². The van der Waals surface area contributed by atoms with Gasteiger partial charge in [-0.15, -0.1) is 0 Å². The lowest BCUT2D eigenvalue weighted by Crippen LogP contribution is -2.29. The molecule has 2 aromatic rings. The Kier molecular flexibility index (Phi) is 3.88. The predicted molar refractivity (Wildman–Crippen MR) is 69.0 cm³/mol. The van der Waals surface area contributed by atoms with Gasteiger partial charge in [-0.2, -0.15) is 0 Å². The molecule has 2 N–H and O–H groups in total. The highest BCUT2D eigenvalue weighted by molar-refractivity contribution is 7.98. The summed E-state index contributed by atoms with van der Waals surface area (Å²) in [6.07, 6.45) is 3.66. The maximum atomic E-state index is 9.08. The molecular weight excluding hydrogens is 235 g/mol. The Morgan fingerprint density at radius 1 is 1.41 bits per heavy atom. The van der Waals surface area contributed by atoms with E-state index < -0.39 is 7.12 Å². The highest BCUT2D eigenvalue weighted by Crippen LogP contribution is 2.19. The highest BCUT2D eigenvalue weighted by atomic mass is 32.2. The molecule has 0 fully saturated rings. The van der Waals surface area contributed by atoms with E-state index in [4.69, 9.17) is 10.0 Å². The third-order valence-electron chi connectivity index (χ3n) is 2.39. The van der Waals surface area contributed by atoms with Gasteiger partial charge in [-0.1, -0.05) is 36.0 Å². The molecule has 1 aromatic heterocycles. The van der Waals surface area contributed by atoms with Gasteiger partial charge in [0.25, 0.3) is 0 Å². The van der Waals surface area contributed by atoms with Gasteiger partial charge in [0.2, 0.25) is 0 Å². The number of benzene rings is 1. The van der Waals surface area contributed by atoms with Crippen LogP contribution in [0.1, 0.15) is 5.56 Å². The third kappa shape index (κ3) is 3.12. The van der Waals surface area contributed by atoms with Crippen molar-refractivity contribution < 1.29 is 10.0 Å². The van der Waals surface area contributed by atoms with Gasteiger partial charge in [-0.25, -0.2) is 4.98 Å². The van der Waals surface area contributed by atoms with Gasteiger partial charge in [0, 0.05) is 25.2 Å². The molecule has 2 rings (SSSR count). The molecule has 4 nitrogen and oxygen atoms in total. The molecule has 0 spiro atoms. The Balaban J connectivity index is 2.04. The number of hydrogen-bond donors (Lipinski definition) is 2. The number of imidazole rings is 1. The lowest BCUT2D eigenvalue weighted by atomic mass is 9.80. The first kappa shape index (κ1) is 12.2. The van der Waals surface area contributed by atoms with Crippen molar-refractivity contribution in [3.05, 3.63) is 42.2 Å². The molecule has 0 aliphatic carbocycles. The zero-order valence-corrected chi connectivity index (χ0v) is 10.3. The summed E-state index contributed by atoms with van der Waals surface area (Å²) in [5, 5.41) is 19.1. The van der Waals surface area contributed by atoms with Gasteiger partial charge in [-0.3, -0.25) is 0 Å². The van der Waals surface area contributed by atoms with Gasteiger partial charge < -0.3 is 14.6 Å². The minimum Gasteiger partial charge on any atom is -0.423 e. The molecule has 6 heteroatoms. The van der Waals surface area contributed by atoms with Crippen LogP contribution >= 0.6 is 11.8 Å². The van der Waals surface area contributed by atoms with Crippen molar-refractivity contribution in [2.24, 2.45) is 7.05 Å². The minimum absolute atomic E-state index is 0.517. The van der Waals surface area contributed by atoms with Crippen LogP contribution in [-0.4, -0.2) is 26.7 Å². The van der Waals surface area contributed by atoms with Crippen LogP contribution < -0.4 is 5.46 Å². The van der Waals surface area contributed by atoms with Gasteiger partial charge >= 0.3 is 7.12 Å². The molecule has 0 bridgehead atoms. The zero-order chi connectivity index (χ0) is 12.3. The monoisotopic (exact) mass is 248 g/mol. The lowest BCUT2D eigenvalue weighted by molar-refractivity contribution is 0.425. The largest absolute Gasteiger partial charge is 0.488 e. The summed E-state index contributed by atoms with van der Waals surface area (Å²) in [5.41, 5.74) is 1.56. The Hall–Kier alpha value is -1.24. The summed E-state index contributed by atoms with van der Waals surface area (Å²) in [6, 6.07) is 7.27. The molecule has 0 aliphatic heterocycles. The summed E-state index contributed by atoms with van der Waals surface area (Å²) in [6.45, 7) is 0. The number of nitrogens with zero attached hydrogens (tertiary/aromatic N) is 2. The second-order valence-corrected chi connectivity index (χ2v) is 4.67. The Morgan fingerprint density at radius 3 is 2.88 bits per heavy atom. The van der Waals surface area contributed by atoms with Gasteiger partial charge in [0.05, 0.1) is 0 Å². The smallest absolute Gasteiger partial charge is 0.423 e. The normalized spacial score (nSPS) is 10.5. The van der Waals surface area contributed by atoms with E-state index in [1.54, 1.807) is 30.1 Å². The number of aryl methyl sites for hydroxylation is 1. The standard InChI is InChI=1S/C11H13BN2O2S/c1-14-6-5-13-11(14)17-8-9-3-2-4-10(7-9)12(15)16/h2-7,15-16H,8H2,1H3. The first-order valence-corrected chi connectivity index (χ1v) is 6.20. The predicted octanol–water partition coefficient (Wildman–Crippen LogP) is 0.392. The molecule has 88 valence electrons. The fraction of sp³-hybridized carbons (Fsp3) is 0.182. The Morgan fingerprint density at radius 2 is 2.24 bits per heavy atom. The highest BCUT2D eigenvalue weighted by Gasteiger charge is 2.10. The molecule has 1 heterocycles. The second kappa shape index (κ2) is 5.40. The maximum Gasteiger partial charge on any atom is 0.488 e. The topological polar surface area (TPSA) is 58.3 Å². The fourth-order valence-corrected chi connectivity index (χ4v) is 2.36. The van der Waals surface area contributed by atoms with Crippen LogP contribution in [-0.2, 0) is 12.8 Å². The van der Waals surface area contributed by atoms with E-state index >= 15 is 0 Å². The van der Waals surface area contributed by atoms with Crippen LogP contribution in [0, 0.1) is 0 Å². The average Bonchev–Trinajstić information content (AvgIpc) is 2.72. The number of hydrogen-bond acceptors (Lipinski definition) is 4. The molecular formula is C11H13BN2O2S. The van der Waals surface area contributed by atoms with Gasteiger partial charge in [0.15, 0.2) is 5.16 Å². The van der Waals surface area contributed by atoms with Crippen LogP contribution in [0.2, 0.25) is 0 Å². The van der Waals surface area contributed by atoms with Crippen molar-refractivity contribution >= 4 is 24.3 Å². The van der Waals surface area contributed by atoms with Crippen molar-refractivity contribution in [1.29, 1.82) is 0 Å². The number of aromatic nitrogens is 2. The average molecular weight is 248 g/mol. The van der Waals surface area contributed by atoms with Crippen molar-refractivity contribution in [1.82, 2.24) is 9.55 Å². The molecule has 0 unspecified atom stereocenters. The summed E-state index contributed by atoms with van der Waals surface area (Å²) < 4.78 is 1.95. The molecule has 0 saturated carbocycles. The van der Waals surface area contributed by atoms with Crippen molar-refractivity contribution in [2.45, 2.75) is 10.9 Å². The van der Waals surface area contributed by atoms with E-state index in [9.17, 15) is 0 Å². The first-order valence-electron chi connectivity index (χ1n) is 5.22. The molecule has 0 amide bonds. The van der Waals surface area contributed by atoms with Gasteiger partial charge in [-0.05, 0) is 11.0 Å². The van der Waals surface area contributed by atoms with E-state index in [0.29, 0.717) is 5.46 Å². The van der Waals surface area contributed by atoms with Crippen molar-refractivity contribution in [3.8, 4) is 0 Å². The maximum absolute atomic E-state index is 9.08. The molecule has 0 saturated heterocycles. The van der Waals surface area contributed by atoms with E-state index in [0.717, 1.165) is 16.5 Å². The Labute approximate surface area is 104 Å². The molecule has 0 radical (unpaired) electrons. The first-order chi connectivity index (χ1) is 8.16. The van der Waals surface area contributed by atoms with Crippen LogP contribution in [0.25, 0.3) is 0 Å². The van der Waals surface area contributed by atoms with E-state index in [-0.39, 0.29) is 0 Å². The van der Waals surface area contributed by atoms with Crippen molar-refractivity contribution in [2.75, 3.05) is 0 Å². The van der Waals surface area contributed by atoms with Crippen molar-refractivity contribution in [3.63, 3.8) is 0 Å². The summed E-state index contributed by atoms with van der Waals surface area (Å²) in [7, 11) is 0.538. The molecule has 17 heavy (non-hydrogen) atoms. The van der Waals surface area contributed by atoms with E-state index in [2.05, 4.69) is 4.98 Å². The third-order valence-corrected chi connectivity index (χ3v) is 3.52. The zero-order valence-electron chi connectivity index (χ0n) is 9.45. The summed E-state index contributed by atoms with van der Waals surface area (Å²) >= 11 is 1.62. The molecule has 0 atom stereocenters. The van der Waals surface area contributed by atoms with Gasteiger partial charge in [0.1, 0.15) is 0 Å². The summed E-state index contributed by atoms with van der Waals surface area (Å²) in [4.78, 5) is 4.22. The summed E-state index contributed by atoms with van der Waals surface area (Å²) in [5.74, 6) is 0.755. The van der Waals surface area contributed by atoms with E-state index in [1.807, 2.05) is 29.9 Å². The van der Waals surface area contributed by atoms with Crippen LogP contribution in [0.3, 0.4) is 0 Å². The van der Waals surface area contributed by atoms with Crippen LogP contribution in [0.5, 0.6) is 0 Å². The molecule has 1 aromatic carbocycles. The SMILES string of the molecule is Cn1ccnc1SCc1cccc(B(O)O)c1. The minimum atomic E-state index is -1.41. The quantitative estimate of drug-likeness (QED) is 0.607. The van der Waals surface area contributed by atoms with Crippen LogP contribution in [0.15, 0.2) is 41.8 Å². The number of rotatable bonds is 4. The number of thioether (sulfide) groups is 1. The lowest BCUT2D eigenvalue weighted by Gasteiger charge is -2.04. The fourth-order valence-electron chi connectivity index (χ4n) is 1.48. The molecule has 0 aliphatic rings. The van der Waals surface area contributed by atoms with E-state index in [1.165, 1.54) is 0 Å². The Bertz CT molecular complexity index is 502. The second-order valence-electron chi connectivity index (χ2n) is 3.73.